The Bertz CT molecular complexity index is 283. The van der Waals surface area contributed by atoms with Gasteiger partial charge in [0.2, 0.25) is 5.95 Å². The third-order valence-electron chi connectivity index (χ3n) is 1.68. The first kappa shape index (κ1) is 9.57. The van der Waals surface area contributed by atoms with Crippen LogP contribution < -0.4 is 5.32 Å². The fourth-order valence-corrected chi connectivity index (χ4v) is 1.01. The molecule has 0 aliphatic carbocycles. The molecule has 2 N–H and O–H groups in total. The molecule has 0 radical (unpaired) electrons. The summed E-state index contributed by atoms with van der Waals surface area (Å²) in [6.07, 6.45) is 3.65. The number of aryl methyl sites for hydroxylation is 1. The van der Waals surface area contributed by atoms with Crippen LogP contribution in [0.3, 0.4) is 0 Å². The number of imidazole rings is 1. The SMILES string of the molecule is CCn1ccnc1NCCC(=O)O. The molecule has 0 aliphatic heterocycles. The van der Waals surface area contributed by atoms with Gasteiger partial charge in [-0.15, -0.1) is 0 Å². The zero-order valence-electron chi connectivity index (χ0n) is 7.53. The number of hydrogen-bond donors (Lipinski definition) is 2. The second-order valence-corrected chi connectivity index (χ2v) is 2.61. The second kappa shape index (κ2) is 4.49. The standard InChI is InChI=1S/C8H13N3O2/c1-2-11-6-5-10-8(11)9-4-3-7(12)13/h5-6H,2-4H2,1H3,(H,9,10)(H,12,13). The first-order chi connectivity index (χ1) is 6.24. The van der Waals surface area contributed by atoms with E-state index in [1.807, 2.05) is 17.7 Å². The fraction of sp³-hybridized carbons (Fsp3) is 0.500. The predicted molar refractivity (Wildman–Crippen MR) is 48.6 cm³/mol. The molecular weight excluding hydrogens is 170 g/mol. The van der Waals surface area contributed by atoms with E-state index in [-0.39, 0.29) is 6.42 Å². The summed E-state index contributed by atoms with van der Waals surface area (Å²) in [6, 6.07) is 0. The zero-order valence-corrected chi connectivity index (χ0v) is 7.53. The summed E-state index contributed by atoms with van der Waals surface area (Å²) in [4.78, 5) is 14.3. The Morgan fingerprint density at radius 3 is 3.15 bits per heavy atom. The van der Waals surface area contributed by atoms with Gasteiger partial charge in [-0.05, 0) is 6.92 Å². The van der Waals surface area contributed by atoms with Gasteiger partial charge in [-0.1, -0.05) is 0 Å². The van der Waals surface area contributed by atoms with Gasteiger partial charge in [0.05, 0.1) is 6.42 Å². The Kier molecular flexibility index (Phi) is 3.31. The number of hydrogen-bond acceptors (Lipinski definition) is 3. The van der Waals surface area contributed by atoms with E-state index in [9.17, 15) is 4.79 Å². The molecule has 5 nitrogen and oxygen atoms in total. The Labute approximate surface area is 76.4 Å². The van der Waals surface area contributed by atoms with Crippen LogP contribution >= 0.6 is 0 Å². The average molecular weight is 183 g/mol. The minimum Gasteiger partial charge on any atom is -0.481 e. The van der Waals surface area contributed by atoms with E-state index in [2.05, 4.69) is 10.3 Å². The van der Waals surface area contributed by atoms with Crippen molar-refractivity contribution in [2.45, 2.75) is 19.9 Å². The number of nitrogens with zero attached hydrogens (tertiary/aromatic N) is 2. The fourth-order valence-electron chi connectivity index (χ4n) is 1.01. The molecule has 0 atom stereocenters. The molecule has 13 heavy (non-hydrogen) atoms. The second-order valence-electron chi connectivity index (χ2n) is 2.61. The van der Waals surface area contributed by atoms with Crippen molar-refractivity contribution in [1.82, 2.24) is 9.55 Å². The molecule has 0 spiro atoms. The van der Waals surface area contributed by atoms with E-state index < -0.39 is 5.97 Å². The number of anilines is 1. The van der Waals surface area contributed by atoms with E-state index >= 15 is 0 Å². The summed E-state index contributed by atoms with van der Waals surface area (Å²) >= 11 is 0. The third kappa shape index (κ3) is 2.77. The van der Waals surface area contributed by atoms with Gasteiger partial charge in [-0.3, -0.25) is 4.79 Å². The minimum atomic E-state index is -0.804. The zero-order chi connectivity index (χ0) is 9.68. The molecule has 1 heterocycles. The molecule has 0 saturated heterocycles. The van der Waals surface area contributed by atoms with Crippen LogP contribution in [-0.2, 0) is 11.3 Å². The molecule has 1 rings (SSSR count). The summed E-state index contributed by atoms with van der Waals surface area (Å²) < 4.78 is 1.92. The van der Waals surface area contributed by atoms with E-state index in [0.29, 0.717) is 6.54 Å². The van der Waals surface area contributed by atoms with Crippen LogP contribution in [0.5, 0.6) is 0 Å². The van der Waals surface area contributed by atoms with Crippen molar-refractivity contribution in [3.63, 3.8) is 0 Å². The predicted octanol–water partition coefficient (Wildman–Crippen LogP) is 0.790. The van der Waals surface area contributed by atoms with Crippen molar-refractivity contribution in [3.05, 3.63) is 12.4 Å². The number of carboxylic acids is 1. The van der Waals surface area contributed by atoms with Crippen molar-refractivity contribution < 1.29 is 9.90 Å². The van der Waals surface area contributed by atoms with Crippen LogP contribution in [0.2, 0.25) is 0 Å². The van der Waals surface area contributed by atoms with Crippen molar-refractivity contribution in [2.24, 2.45) is 0 Å². The Morgan fingerprint density at radius 1 is 1.77 bits per heavy atom. The maximum absolute atomic E-state index is 10.2. The first-order valence-electron chi connectivity index (χ1n) is 4.21. The molecule has 0 amide bonds. The summed E-state index contributed by atoms with van der Waals surface area (Å²) in [7, 11) is 0. The van der Waals surface area contributed by atoms with Crippen molar-refractivity contribution in [2.75, 3.05) is 11.9 Å². The van der Waals surface area contributed by atoms with Crippen LogP contribution in [0.4, 0.5) is 5.95 Å². The maximum Gasteiger partial charge on any atom is 0.305 e. The van der Waals surface area contributed by atoms with Crippen LogP contribution in [-0.4, -0.2) is 27.2 Å². The molecule has 72 valence electrons. The molecular formula is C8H13N3O2. The molecule has 1 aromatic rings. The maximum atomic E-state index is 10.2. The molecule has 1 aromatic heterocycles. The summed E-state index contributed by atoms with van der Waals surface area (Å²) in [5.41, 5.74) is 0. The highest BCUT2D eigenvalue weighted by atomic mass is 16.4. The monoisotopic (exact) mass is 183 g/mol. The number of carboxylic acid groups (broad SMARTS) is 1. The highest BCUT2D eigenvalue weighted by Crippen LogP contribution is 2.02. The van der Waals surface area contributed by atoms with Gasteiger partial charge in [0.25, 0.3) is 0 Å². The number of aliphatic carboxylic acids is 1. The van der Waals surface area contributed by atoms with Crippen LogP contribution in [0.1, 0.15) is 13.3 Å². The van der Waals surface area contributed by atoms with Gasteiger partial charge in [0.15, 0.2) is 0 Å². The Hall–Kier alpha value is -1.52. The molecule has 0 aliphatic rings. The van der Waals surface area contributed by atoms with Gasteiger partial charge in [0, 0.05) is 25.5 Å². The highest BCUT2D eigenvalue weighted by molar-refractivity contribution is 5.67. The van der Waals surface area contributed by atoms with Crippen LogP contribution in [0.25, 0.3) is 0 Å². The number of carbonyl (C=O) groups is 1. The molecule has 0 fully saturated rings. The van der Waals surface area contributed by atoms with E-state index in [4.69, 9.17) is 5.11 Å². The van der Waals surface area contributed by atoms with Crippen molar-refractivity contribution in [3.8, 4) is 0 Å². The van der Waals surface area contributed by atoms with Gasteiger partial charge >= 0.3 is 5.97 Å². The van der Waals surface area contributed by atoms with Gasteiger partial charge in [0.1, 0.15) is 0 Å². The number of aromatic nitrogens is 2. The number of rotatable bonds is 5. The van der Waals surface area contributed by atoms with E-state index in [1.165, 1.54) is 0 Å². The quantitative estimate of drug-likeness (QED) is 0.708. The van der Waals surface area contributed by atoms with Gasteiger partial charge in [-0.25, -0.2) is 4.98 Å². The largest absolute Gasteiger partial charge is 0.481 e. The van der Waals surface area contributed by atoms with E-state index in [1.54, 1.807) is 6.20 Å². The molecule has 5 heteroatoms. The number of nitrogens with one attached hydrogen (secondary N) is 1. The average Bonchev–Trinajstić information content (AvgIpc) is 2.51. The third-order valence-corrected chi connectivity index (χ3v) is 1.68. The van der Waals surface area contributed by atoms with Crippen LogP contribution in [0.15, 0.2) is 12.4 Å². The first-order valence-corrected chi connectivity index (χ1v) is 4.21. The van der Waals surface area contributed by atoms with Gasteiger partial charge in [-0.2, -0.15) is 0 Å². The van der Waals surface area contributed by atoms with E-state index in [0.717, 1.165) is 12.5 Å². The Balaban J connectivity index is 2.40. The lowest BCUT2D eigenvalue weighted by Gasteiger charge is -2.05. The lowest BCUT2D eigenvalue weighted by molar-refractivity contribution is -0.136. The smallest absolute Gasteiger partial charge is 0.305 e. The molecule has 0 saturated carbocycles. The van der Waals surface area contributed by atoms with Crippen molar-refractivity contribution >= 4 is 11.9 Å². The van der Waals surface area contributed by atoms with Gasteiger partial charge < -0.3 is 15.0 Å². The molecule has 0 bridgehead atoms. The molecule has 0 aromatic carbocycles. The minimum absolute atomic E-state index is 0.108. The van der Waals surface area contributed by atoms with Crippen molar-refractivity contribution in [1.29, 1.82) is 0 Å². The Morgan fingerprint density at radius 2 is 2.54 bits per heavy atom. The topological polar surface area (TPSA) is 67.2 Å². The lowest BCUT2D eigenvalue weighted by atomic mass is 10.4. The highest BCUT2D eigenvalue weighted by Gasteiger charge is 2.00. The summed E-state index contributed by atoms with van der Waals surface area (Å²) in [5, 5.41) is 11.3. The summed E-state index contributed by atoms with van der Waals surface area (Å²) in [6.45, 7) is 3.24. The summed E-state index contributed by atoms with van der Waals surface area (Å²) in [5.74, 6) is -0.0779. The normalized spacial score (nSPS) is 9.92. The lowest BCUT2D eigenvalue weighted by Crippen LogP contribution is -2.11. The van der Waals surface area contributed by atoms with Crippen LogP contribution in [0, 0.1) is 0 Å². The molecule has 0 unspecified atom stereocenters.